The number of carbonyl (C=O) groups is 2. The highest BCUT2D eigenvalue weighted by molar-refractivity contribution is 5.95. The summed E-state index contributed by atoms with van der Waals surface area (Å²) in [6, 6.07) is 15.1. The summed E-state index contributed by atoms with van der Waals surface area (Å²) in [6.45, 7) is 6.09. The van der Waals surface area contributed by atoms with Crippen LogP contribution in [0, 0.1) is 5.82 Å². The molecule has 2 atom stereocenters. The fourth-order valence-electron chi connectivity index (χ4n) is 4.55. The first-order chi connectivity index (χ1) is 22.2. The minimum absolute atomic E-state index is 0.173. The molecule has 0 aromatic heterocycles. The second-order valence-electron chi connectivity index (χ2n) is 9.97. The van der Waals surface area contributed by atoms with Crippen LogP contribution in [0.2, 0.25) is 0 Å². The number of nitrogens with one attached hydrogen (secondary N) is 3. The number of benzene rings is 3. The quantitative estimate of drug-likeness (QED) is 0.0828. The van der Waals surface area contributed by atoms with Crippen LogP contribution >= 0.6 is 0 Å². The highest BCUT2D eigenvalue weighted by Crippen LogP contribution is 2.35. The van der Waals surface area contributed by atoms with E-state index in [2.05, 4.69) is 21.2 Å². The maximum atomic E-state index is 13.2. The largest absolute Gasteiger partial charge is 0.490 e. The molecule has 3 aromatic rings. The first-order valence-corrected chi connectivity index (χ1v) is 14.6. The number of aliphatic hydroxyl groups is 1. The Hall–Kier alpha value is -5.30. The standard InChI is InChI=1S/C33H37FN4O8/c1-5-43-27-15-22(9-13-25(27)45-18-21-7-11-24(34)12-8-21)17-35-38-29(39)19-46-26-14-10-23(16-28(26)44-6-2)31-30(32(40)42-4)20(3)36-33(41)37-31/h7-17,29,31,38-39H,5-6,18-19H2,1-4H3,(H2,36,37,41)/b35-17-/t29-,31-/m0/s1. The van der Waals surface area contributed by atoms with Crippen molar-refractivity contribution in [1.29, 1.82) is 0 Å². The maximum absolute atomic E-state index is 13.2. The summed E-state index contributed by atoms with van der Waals surface area (Å²) in [5, 5.41) is 19.9. The van der Waals surface area contributed by atoms with Crippen molar-refractivity contribution in [2.75, 3.05) is 26.9 Å². The predicted molar refractivity (Wildman–Crippen MR) is 167 cm³/mol. The SMILES string of the molecule is CCOc1cc(/C=N\N[C@@H](O)COc2ccc([C@@H]3NC(=O)NC(C)=C3C(=O)OC)cc2OCC)ccc1OCc1ccc(F)cc1. The average molecular weight is 637 g/mol. The van der Waals surface area contributed by atoms with Crippen LogP contribution in [0.15, 0.2) is 77.0 Å². The van der Waals surface area contributed by atoms with Gasteiger partial charge >= 0.3 is 12.0 Å². The summed E-state index contributed by atoms with van der Waals surface area (Å²) >= 11 is 0. The molecule has 0 bridgehead atoms. The molecule has 244 valence electrons. The van der Waals surface area contributed by atoms with Crippen LogP contribution in [-0.4, -0.2) is 56.5 Å². The van der Waals surface area contributed by atoms with Gasteiger partial charge in [0, 0.05) is 5.70 Å². The number of amides is 2. The molecule has 2 amide bonds. The Morgan fingerprint density at radius 1 is 0.978 bits per heavy atom. The summed E-state index contributed by atoms with van der Waals surface area (Å²) in [6.07, 6.45) is 0.341. The van der Waals surface area contributed by atoms with E-state index in [-0.39, 0.29) is 24.6 Å². The topological polar surface area (TPSA) is 149 Å². The molecule has 0 fully saturated rings. The molecule has 12 nitrogen and oxygen atoms in total. The number of hydrazone groups is 1. The van der Waals surface area contributed by atoms with Crippen molar-refractivity contribution in [1.82, 2.24) is 16.1 Å². The van der Waals surface area contributed by atoms with Crippen molar-refractivity contribution in [2.24, 2.45) is 5.10 Å². The van der Waals surface area contributed by atoms with Crippen molar-refractivity contribution >= 4 is 18.2 Å². The molecule has 3 aromatic carbocycles. The Balaban J connectivity index is 1.37. The summed E-state index contributed by atoms with van der Waals surface area (Å²) in [7, 11) is 1.27. The lowest BCUT2D eigenvalue weighted by Crippen LogP contribution is -2.45. The van der Waals surface area contributed by atoms with Gasteiger partial charge in [-0.05, 0) is 79.9 Å². The van der Waals surface area contributed by atoms with Gasteiger partial charge in [-0.3, -0.25) is 5.43 Å². The number of halogens is 1. The average Bonchev–Trinajstić information content (AvgIpc) is 3.04. The van der Waals surface area contributed by atoms with Crippen molar-refractivity contribution in [3.63, 3.8) is 0 Å². The number of aliphatic hydroxyl groups excluding tert-OH is 1. The van der Waals surface area contributed by atoms with E-state index >= 15 is 0 Å². The third-order valence-corrected chi connectivity index (χ3v) is 6.68. The molecule has 0 spiro atoms. The Morgan fingerprint density at radius 2 is 1.65 bits per heavy atom. The van der Waals surface area contributed by atoms with Crippen LogP contribution in [0.4, 0.5) is 9.18 Å². The molecular formula is C33H37FN4O8. The van der Waals surface area contributed by atoms with Gasteiger partial charge in [-0.2, -0.15) is 5.10 Å². The number of nitrogens with zero attached hydrogens (tertiary/aromatic N) is 1. The minimum Gasteiger partial charge on any atom is -0.490 e. The zero-order valence-electron chi connectivity index (χ0n) is 26.0. The van der Waals surface area contributed by atoms with Crippen molar-refractivity contribution < 1.29 is 42.8 Å². The first-order valence-electron chi connectivity index (χ1n) is 14.6. The lowest BCUT2D eigenvalue weighted by molar-refractivity contribution is -0.136. The van der Waals surface area contributed by atoms with Gasteiger partial charge in [-0.15, -0.1) is 0 Å². The zero-order chi connectivity index (χ0) is 33.1. The number of methoxy groups -OCH3 is 1. The van der Waals surface area contributed by atoms with Gasteiger partial charge in [0.05, 0.1) is 38.2 Å². The molecule has 0 saturated carbocycles. The monoisotopic (exact) mass is 636 g/mol. The fraction of sp³-hybridized carbons (Fsp3) is 0.303. The Labute approximate surface area is 266 Å². The lowest BCUT2D eigenvalue weighted by Gasteiger charge is -2.28. The molecule has 46 heavy (non-hydrogen) atoms. The van der Waals surface area contributed by atoms with Gasteiger partial charge in [0.15, 0.2) is 29.2 Å². The van der Waals surface area contributed by atoms with E-state index < -0.39 is 24.3 Å². The van der Waals surface area contributed by atoms with E-state index in [0.29, 0.717) is 53.0 Å². The van der Waals surface area contributed by atoms with Crippen LogP contribution in [0.5, 0.6) is 23.0 Å². The maximum Gasteiger partial charge on any atom is 0.337 e. The molecule has 0 unspecified atom stereocenters. The third-order valence-electron chi connectivity index (χ3n) is 6.68. The molecule has 0 saturated heterocycles. The molecule has 1 aliphatic rings. The molecule has 0 radical (unpaired) electrons. The number of carbonyl (C=O) groups excluding carboxylic acids is 2. The molecule has 0 aliphatic carbocycles. The van der Waals surface area contributed by atoms with Crippen LogP contribution in [-0.2, 0) is 16.1 Å². The van der Waals surface area contributed by atoms with E-state index in [9.17, 15) is 19.1 Å². The molecule has 1 aliphatic heterocycles. The van der Waals surface area contributed by atoms with Crippen LogP contribution < -0.4 is 35.0 Å². The van der Waals surface area contributed by atoms with E-state index in [1.54, 1.807) is 62.4 Å². The van der Waals surface area contributed by atoms with E-state index in [1.165, 1.54) is 25.5 Å². The fourth-order valence-corrected chi connectivity index (χ4v) is 4.55. The predicted octanol–water partition coefficient (Wildman–Crippen LogP) is 4.32. The van der Waals surface area contributed by atoms with Crippen molar-refractivity contribution in [3.05, 3.63) is 94.4 Å². The van der Waals surface area contributed by atoms with Gasteiger partial charge in [0.1, 0.15) is 19.0 Å². The number of ether oxygens (including phenoxy) is 5. The Kier molecular flexibility index (Phi) is 11.8. The molecule has 1 heterocycles. The highest BCUT2D eigenvalue weighted by Gasteiger charge is 2.32. The first kappa shape index (κ1) is 33.6. The lowest BCUT2D eigenvalue weighted by atomic mass is 9.95. The van der Waals surface area contributed by atoms with Gasteiger partial charge in [-0.25, -0.2) is 14.0 Å². The number of hydrogen-bond acceptors (Lipinski definition) is 10. The minimum atomic E-state index is -1.17. The van der Waals surface area contributed by atoms with Crippen LogP contribution in [0.3, 0.4) is 0 Å². The summed E-state index contributed by atoms with van der Waals surface area (Å²) in [5.74, 6) is 0.841. The van der Waals surface area contributed by atoms with E-state index in [1.807, 2.05) is 6.92 Å². The highest BCUT2D eigenvalue weighted by atomic mass is 19.1. The van der Waals surface area contributed by atoms with Gasteiger partial charge in [-0.1, -0.05) is 18.2 Å². The van der Waals surface area contributed by atoms with Gasteiger partial charge in [0.25, 0.3) is 0 Å². The Morgan fingerprint density at radius 3 is 2.35 bits per heavy atom. The van der Waals surface area contributed by atoms with Crippen LogP contribution in [0.25, 0.3) is 0 Å². The van der Waals surface area contributed by atoms with Gasteiger partial charge in [0.2, 0.25) is 0 Å². The second kappa shape index (κ2) is 16.1. The van der Waals surface area contributed by atoms with E-state index in [0.717, 1.165) is 5.56 Å². The number of esters is 1. The smallest absolute Gasteiger partial charge is 0.337 e. The molecule has 4 rings (SSSR count). The second-order valence-corrected chi connectivity index (χ2v) is 9.97. The van der Waals surface area contributed by atoms with Crippen molar-refractivity contribution in [2.45, 2.75) is 39.6 Å². The van der Waals surface area contributed by atoms with E-state index in [4.69, 9.17) is 23.7 Å². The summed E-state index contributed by atoms with van der Waals surface area (Å²) in [4.78, 5) is 24.6. The molecule has 4 N–H and O–H groups in total. The Bertz CT molecular complexity index is 1580. The number of rotatable bonds is 15. The van der Waals surface area contributed by atoms with Crippen LogP contribution in [0.1, 0.15) is 43.5 Å². The summed E-state index contributed by atoms with van der Waals surface area (Å²) < 4.78 is 41.2. The van der Waals surface area contributed by atoms with Gasteiger partial charge < -0.3 is 39.4 Å². The zero-order valence-corrected chi connectivity index (χ0v) is 26.0. The number of allylic oxidation sites excluding steroid dienone is 1. The summed E-state index contributed by atoms with van der Waals surface area (Å²) in [5.41, 5.74) is 5.33. The molecular weight excluding hydrogens is 599 g/mol. The third kappa shape index (κ3) is 8.88. The van der Waals surface area contributed by atoms with Crippen molar-refractivity contribution in [3.8, 4) is 23.0 Å². The number of urea groups is 1. The normalized spacial score (nSPS) is 15.1. The number of hydrogen-bond donors (Lipinski definition) is 4. The molecule has 13 heteroatoms.